The maximum Gasteiger partial charge on any atom is 0.338 e. The van der Waals surface area contributed by atoms with Gasteiger partial charge in [0.1, 0.15) is 12.0 Å². The normalized spacial score (nSPS) is 12.7. The topological polar surface area (TPSA) is 82.7 Å². The van der Waals surface area contributed by atoms with Gasteiger partial charge in [-0.15, -0.1) is 0 Å². The molecule has 5 nitrogen and oxygen atoms in total. The van der Waals surface area contributed by atoms with Crippen LogP contribution in [0.3, 0.4) is 0 Å². The van der Waals surface area contributed by atoms with E-state index >= 15 is 0 Å². The monoisotopic (exact) mass is 213 g/mol. The quantitative estimate of drug-likeness (QED) is 0.610. The minimum Gasteiger partial charge on any atom is -0.478 e. The zero-order valence-corrected chi connectivity index (χ0v) is 8.56. The fraction of sp³-hybridized carbons (Fsp3) is 0.500. The van der Waals surface area contributed by atoms with Crippen molar-refractivity contribution in [2.24, 2.45) is 0 Å². The first-order valence-electron chi connectivity index (χ1n) is 4.79. The number of nitrogens with one attached hydrogen (secondary N) is 1. The van der Waals surface area contributed by atoms with Crippen LogP contribution in [0.25, 0.3) is 0 Å². The molecule has 0 aliphatic rings. The molecule has 0 aliphatic heterocycles. The van der Waals surface area contributed by atoms with Crippen LogP contribution >= 0.6 is 0 Å². The first kappa shape index (κ1) is 11.7. The zero-order valence-electron chi connectivity index (χ0n) is 8.56. The third-order valence-electron chi connectivity index (χ3n) is 1.94. The molecule has 0 amide bonds. The predicted molar refractivity (Wildman–Crippen MR) is 53.7 cm³/mol. The third-order valence-corrected chi connectivity index (χ3v) is 1.94. The van der Waals surface area contributed by atoms with Crippen molar-refractivity contribution in [3.8, 4) is 0 Å². The van der Waals surface area contributed by atoms with Crippen molar-refractivity contribution in [2.75, 3.05) is 6.54 Å². The highest BCUT2D eigenvalue weighted by atomic mass is 16.4. The summed E-state index contributed by atoms with van der Waals surface area (Å²) in [4.78, 5) is 10.5. The lowest BCUT2D eigenvalue weighted by atomic mass is 10.3. The minimum absolute atomic E-state index is 0.155. The Kier molecular flexibility index (Phi) is 4.33. The van der Waals surface area contributed by atoms with E-state index < -0.39 is 5.97 Å². The average molecular weight is 213 g/mol. The van der Waals surface area contributed by atoms with Crippen molar-refractivity contribution < 1.29 is 19.4 Å². The summed E-state index contributed by atoms with van der Waals surface area (Å²) < 4.78 is 5.03. The molecule has 0 fully saturated rings. The lowest BCUT2D eigenvalue weighted by Crippen LogP contribution is -2.18. The molecule has 1 aromatic heterocycles. The fourth-order valence-electron chi connectivity index (χ4n) is 1.11. The molecule has 15 heavy (non-hydrogen) atoms. The number of carbonyl (C=O) groups is 1. The van der Waals surface area contributed by atoms with Gasteiger partial charge in [-0.05, 0) is 26.0 Å². The van der Waals surface area contributed by atoms with Crippen LogP contribution in [-0.2, 0) is 6.54 Å². The molecule has 0 aliphatic carbocycles. The van der Waals surface area contributed by atoms with Crippen LogP contribution in [0.4, 0.5) is 0 Å². The minimum atomic E-state index is -0.992. The van der Waals surface area contributed by atoms with E-state index in [4.69, 9.17) is 14.6 Å². The fourth-order valence-corrected chi connectivity index (χ4v) is 1.11. The van der Waals surface area contributed by atoms with Gasteiger partial charge in [-0.25, -0.2) is 4.79 Å². The largest absolute Gasteiger partial charge is 0.478 e. The van der Waals surface area contributed by atoms with Gasteiger partial charge in [0.05, 0.1) is 18.2 Å². The van der Waals surface area contributed by atoms with Crippen LogP contribution in [0, 0.1) is 0 Å². The second kappa shape index (κ2) is 5.53. The molecular formula is C10H15NO4. The standard InChI is InChI=1S/C10H15NO4/c1-7(12)2-3-11-5-9-4-8(6-15-9)10(13)14/h4,6-7,11-12H,2-3,5H2,1H3,(H,13,14). The lowest BCUT2D eigenvalue weighted by molar-refractivity contribution is 0.0696. The number of rotatable bonds is 6. The van der Waals surface area contributed by atoms with E-state index in [-0.39, 0.29) is 11.7 Å². The lowest BCUT2D eigenvalue weighted by Gasteiger charge is -2.04. The SMILES string of the molecule is CC(O)CCNCc1cc(C(=O)O)co1. The molecule has 1 atom stereocenters. The van der Waals surface area contributed by atoms with Gasteiger partial charge in [-0.1, -0.05) is 0 Å². The molecule has 0 radical (unpaired) electrons. The van der Waals surface area contributed by atoms with Crippen LogP contribution in [0.2, 0.25) is 0 Å². The molecular weight excluding hydrogens is 198 g/mol. The van der Waals surface area contributed by atoms with E-state index in [0.29, 0.717) is 25.3 Å². The second-order valence-corrected chi connectivity index (χ2v) is 3.42. The van der Waals surface area contributed by atoms with Crippen molar-refractivity contribution in [1.82, 2.24) is 5.32 Å². The van der Waals surface area contributed by atoms with Crippen LogP contribution in [0.1, 0.15) is 29.5 Å². The van der Waals surface area contributed by atoms with Gasteiger partial charge in [0, 0.05) is 0 Å². The molecule has 1 aromatic rings. The first-order chi connectivity index (χ1) is 7.09. The molecule has 84 valence electrons. The van der Waals surface area contributed by atoms with Crippen molar-refractivity contribution in [2.45, 2.75) is 26.0 Å². The van der Waals surface area contributed by atoms with E-state index in [0.717, 1.165) is 0 Å². The third kappa shape index (κ3) is 4.14. The highest BCUT2D eigenvalue weighted by Crippen LogP contribution is 2.07. The number of carboxylic acids is 1. The Morgan fingerprint density at radius 1 is 1.67 bits per heavy atom. The first-order valence-corrected chi connectivity index (χ1v) is 4.79. The van der Waals surface area contributed by atoms with Crippen molar-refractivity contribution >= 4 is 5.97 Å². The summed E-state index contributed by atoms with van der Waals surface area (Å²) in [5, 5.41) is 20.7. The summed E-state index contributed by atoms with van der Waals surface area (Å²) in [5.41, 5.74) is 0.155. The second-order valence-electron chi connectivity index (χ2n) is 3.42. The van der Waals surface area contributed by atoms with Crippen LogP contribution < -0.4 is 5.32 Å². The van der Waals surface area contributed by atoms with Gasteiger partial charge in [0.15, 0.2) is 0 Å². The Hall–Kier alpha value is -1.33. The van der Waals surface area contributed by atoms with E-state index in [9.17, 15) is 4.79 Å². The summed E-state index contributed by atoms with van der Waals surface area (Å²) in [6.07, 6.45) is 1.55. The summed E-state index contributed by atoms with van der Waals surface area (Å²) in [7, 11) is 0. The molecule has 0 bridgehead atoms. The Morgan fingerprint density at radius 3 is 2.93 bits per heavy atom. The molecule has 3 N–H and O–H groups in total. The van der Waals surface area contributed by atoms with Gasteiger partial charge in [0.25, 0.3) is 0 Å². The van der Waals surface area contributed by atoms with Gasteiger partial charge in [0.2, 0.25) is 0 Å². The molecule has 0 aromatic carbocycles. The van der Waals surface area contributed by atoms with Crippen molar-refractivity contribution in [3.05, 3.63) is 23.7 Å². The smallest absolute Gasteiger partial charge is 0.338 e. The highest BCUT2D eigenvalue weighted by Gasteiger charge is 2.07. The molecule has 0 saturated heterocycles. The maximum atomic E-state index is 10.5. The van der Waals surface area contributed by atoms with Gasteiger partial charge in [-0.3, -0.25) is 0 Å². The van der Waals surface area contributed by atoms with Crippen LogP contribution in [-0.4, -0.2) is 28.8 Å². The van der Waals surface area contributed by atoms with E-state index in [1.165, 1.54) is 12.3 Å². The summed E-state index contributed by atoms with van der Waals surface area (Å²) in [6, 6.07) is 1.48. The number of hydrogen-bond acceptors (Lipinski definition) is 4. The molecule has 0 spiro atoms. The van der Waals surface area contributed by atoms with Crippen molar-refractivity contribution in [3.63, 3.8) is 0 Å². The molecule has 1 rings (SSSR count). The number of aliphatic hydroxyl groups excluding tert-OH is 1. The Balaban J connectivity index is 2.29. The number of carboxylic acid groups (broad SMARTS) is 1. The van der Waals surface area contributed by atoms with Crippen LogP contribution in [0.5, 0.6) is 0 Å². The summed E-state index contributed by atoms with van der Waals surface area (Å²) in [6.45, 7) is 2.86. The molecule has 5 heteroatoms. The van der Waals surface area contributed by atoms with E-state index in [1.807, 2.05) is 0 Å². The summed E-state index contributed by atoms with van der Waals surface area (Å²) in [5.74, 6) is -0.410. The van der Waals surface area contributed by atoms with Crippen LogP contribution in [0.15, 0.2) is 16.7 Å². The Labute approximate surface area is 87.7 Å². The Morgan fingerprint density at radius 2 is 2.40 bits per heavy atom. The maximum absolute atomic E-state index is 10.5. The number of aromatic carboxylic acids is 1. The number of aliphatic hydroxyl groups is 1. The molecule has 0 saturated carbocycles. The molecule has 1 unspecified atom stereocenters. The van der Waals surface area contributed by atoms with E-state index in [1.54, 1.807) is 6.92 Å². The summed E-state index contributed by atoms with van der Waals surface area (Å²) >= 11 is 0. The van der Waals surface area contributed by atoms with Gasteiger partial charge < -0.3 is 19.9 Å². The predicted octanol–water partition coefficient (Wildman–Crippen LogP) is 0.838. The average Bonchev–Trinajstić information content (AvgIpc) is 2.60. The Bertz CT molecular complexity index is 319. The van der Waals surface area contributed by atoms with Crippen molar-refractivity contribution in [1.29, 1.82) is 0 Å². The van der Waals surface area contributed by atoms with Gasteiger partial charge in [-0.2, -0.15) is 0 Å². The van der Waals surface area contributed by atoms with Gasteiger partial charge >= 0.3 is 5.97 Å². The molecule has 1 heterocycles. The number of hydrogen-bond donors (Lipinski definition) is 3. The number of furan rings is 1. The zero-order chi connectivity index (χ0) is 11.3. The highest BCUT2D eigenvalue weighted by molar-refractivity contribution is 5.87. The van der Waals surface area contributed by atoms with E-state index in [2.05, 4.69) is 5.32 Å².